The van der Waals surface area contributed by atoms with E-state index in [2.05, 4.69) is 21.0 Å². The Morgan fingerprint density at radius 3 is 2.94 bits per heavy atom. The van der Waals surface area contributed by atoms with E-state index in [9.17, 15) is 0 Å². The van der Waals surface area contributed by atoms with E-state index in [1.165, 1.54) is 17.1 Å². The van der Waals surface area contributed by atoms with Crippen molar-refractivity contribution in [2.75, 3.05) is 0 Å². The van der Waals surface area contributed by atoms with Crippen molar-refractivity contribution in [3.8, 4) is 0 Å². The predicted octanol–water partition coefficient (Wildman–Crippen LogP) is 2.79. The third-order valence-electron chi connectivity index (χ3n) is 2.26. The topological polar surface area (TPSA) is 37.8 Å². The molecule has 3 nitrogen and oxygen atoms in total. The second-order valence-electron chi connectivity index (χ2n) is 3.58. The molecule has 0 aliphatic rings. The van der Waals surface area contributed by atoms with Gasteiger partial charge >= 0.3 is 0 Å². The number of rotatable bonds is 4. The third-order valence-corrected chi connectivity index (χ3v) is 3.24. The zero-order valence-corrected chi connectivity index (χ0v) is 10.5. The maximum Gasteiger partial charge on any atom is 0.0893 e. The molecule has 0 unspecified atom stereocenters. The fourth-order valence-corrected chi connectivity index (χ4v) is 1.98. The Labute approximate surface area is 104 Å². The van der Waals surface area contributed by atoms with E-state index < -0.39 is 0 Å². The minimum atomic E-state index is 0.748. The molecule has 0 atom stereocenters. The molecule has 0 spiro atoms. The van der Waals surface area contributed by atoms with Crippen LogP contribution in [0.3, 0.4) is 0 Å². The van der Waals surface area contributed by atoms with Crippen LogP contribution in [0, 0.1) is 6.92 Å². The van der Waals surface area contributed by atoms with Crippen molar-refractivity contribution in [3.05, 3.63) is 45.4 Å². The molecule has 0 saturated heterocycles. The van der Waals surface area contributed by atoms with Gasteiger partial charge in [0.25, 0.3) is 0 Å². The molecule has 0 bridgehead atoms. The van der Waals surface area contributed by atoms with Crippen molar-refractivity contribution < 1.29 is 0 Å². The van der Waals surface area contributed by atoms with E-state index in [-0.39, 0.29) is 0 Å². The minimum absolute atomic E-state index is 0.748. The van der Waals surface area contributed by atoms with Gasteiger partial charge in [0, 0.05) is 23.5 Å². The molecule has 2 rings (SSSR count). The molecule has 0 aliphatic carbocycles. The van der Waals surface area contributed by atoms with Gasteiger partial charge in [-0.25, -0.2) is 0 Å². The van der Waals surface area contributed by atoms with Gasteiger partial charge in [-0.1, -0.05) is 28.2 Å². The van der Waals surface area contributed by atoms with Crippen LogP contribution in [0.15, 0.2) is 23.6 Å². The third kappa shape index (κ3) is 3.01. The van der Waals surface area contributed by atoms with Crippen molar-refractivity contribution in [2.45, 2.75) is 20.0 Å². The Bertz CT molecular complexity index is 456. The van der Waals surface area contributed by atoms with Gasteiger partial charge in [0.2, 0.25) is 0 Å². The average Bonchev–Trinajstić information content (AvgIpc) is 2.76. The summed E-state index contributed by atoms with van der Waals surface area (Å²) in [6.07, 6.45) is 0. The maximum atomic E-state index is 5.96. The second kappa shape index (κ2) is 5.39. The molecule has 84 valence electrons. The van der Waals surface area contributed by atoms with Crippen LogP contribution >= 0.6 is 23.1 Å². The van der Waals surface area contributed by atoms with Gasteiger partial charge in [0.05, 0.1) is 5.69 Å². The molecule has 1 aromatic carbocycles. The van der Waals surface area contributed by atoms with Crippen LogP contribution in [-0.4, -0.2) is 9.59 Å². The summed E-state index contributed by atoms with van der Waals surface area (Å²) in [6.45, 7) is 3.57. The van der Waals surface area contributed by atoms with Crippen molar-refractivity contribution in [1.29, 1.82) is 0 Å². The first kappa shape index (κ1) is 11.5. The lowest BCUT2D eigenvalue weighted by Gasteiger charge is -2.05. The number of hydrogen-bond donors (Lipinski definition) is 1. The van der Waals surface area contributed by atoms with E-state index in [0.29, 0.717) is 0 Å². The smallest absolute Gasteiger partial charge is 0.0893 e. The van der Waals surface area contributed by atoms with E-state index in [0.717, 1.165) is 29.4 Å². The lowest BCUT2D eigenvalue weighted by Crippen LogP contribution is -2.13. The van der Waals surface area contributed by atoms with Gasteiger partial charge in [-0.3, -0.25) is 0 Å². The molecule has 1 N–H and O–H groups in total. The summed E-state index contributed by atoms with van der Waals surface area (Å²) >= 11 is 7.33. The minimum Gasteiger partial charge on any atom is -0.307 e. The average molecular weight is 254 g/mol. The number of nitrogens with zero attached hydrogens (tertiary/aromatic N) is 2. The molecule has 0 saturated carbocycles. The van der Waals surface area contributed by atoms with Crippen LogP contribution in [-0.2, 0) is 13.1 Å². The van der Waals surface area contributed by atoms with Crippen LogP contribution in [0.2, 0.25) is 5.02 Å². The van der Waals surface area contributed by atoms with Gasteiger partial charge in [-0.05, 0) is 35.6 Å². The zero-order valence-electron chi connectivity index (χ0n) is 8.90. The molecule has 16 heavy (non-hydrogen) atoms. The molecule has 1 heterocycles. The standard InChI is InChI=1S/C11H12ClN3S/c1-8-4-9(2-3-11(8)12)5-13-6-10-7-16-15-14-10/h2-4,7,13H,5-6H2,1H3. The van der Waals surface area contributed by atoms with Crippen molar-refractivity contribution in [3.63, 3.8) is 0 Å². The van der Waals surface area contributed by atoms with Crippen LogP contribution < -0.4 is 5.32 Å². The first-order chi connectivity index (χ1) is 7.75. The van der Waals surface area contributed by atoms with Crippen molar-refractivity contribution >= 4 is 23.1 Å². The van der Waals surface area contributed by atoms with Crippen molar-refractivity contribution in [1.82, 2.24) is 14.9 Å². The molecule has 0 amide bonds. The number of halogens is 1. The molecular formula is C11H12ClN3S. The Hall–Kier alpha value is -0.970. The highest BCUT2D eigenvalue weighted by atomic mass is 35.5. The summed E-state index contributed by atoms with van der Waals surface area (Å²) in [5, 5.41) is 10.0. The first-order valence-corrected chi connectivity index (χ1v) is 6.19. The highest BCUT2D eigenvalue weighted by Crippen LogP contribution is 2.16. The summed E-state index contributed by atoms with van der Waals surface area (Å²) < 4.78 is 3.81. The van der Waals surface area contributed by atoms with Gasteiger partial charge in [-0.2, -0.15) is 0 Å². The fraction of sp³-hybridized carbons (Fsp3) is 0.273. The quantitative estimate of drug-likeness (QED) is 0.911. The van der Waals surface area contributed by atoms with Gasteiger partial charge < -0.3 is 5.32 Å². The van der Waals surface area contributed by atoms with E-state index >= 15 is 0 Å². The summed E-state index contributed by atoms with van der Waals surface area (Å²) in [4.78, 5) is 0. The first-order valence-electron chi connectivity index (χ1n) is 4.97. The van der Waals surface area contributed by atoms with Crippen LogP contribution in [0.25, 0.3) is 0 Å². The molecule has 0 fully saturated rings. The summed E-state index contributed by atoms with van der Waals surface area (Å²) in [5.41, 5.74) is 3.32. The Morgan fingerprint density at radius 1 is 1.38 bits per heavy atom. The van der Waals surface area contributed by atoms with Crippen molar-refractivity contribution in [2.24, 2.45) is 0 Å². The second-order valence-corrected chi connectivity index (χ2v) is 4.60. The molecular weight excluding hydrogens is 242 g/mol. The Morgan fingerprint density at radius 2 is 2.25 bits per heavy atom. The van der Waals surface area contributed by atoms with Gasteiger partial charge in [0.15, 0.2) is 0 Å². The molecule has 0 aliphatic heterocycles. The normalized spacial score (nSPS) is 10.6. The number of benzene rings is 1. The number of hydrogen-bond acceptors (Lipinski definition) is 4. The van der Waals surface area contributed by atoms with Gasteiger partial charge in [0.1, 0.15) is 0 Å². The van der Waals surface area contributed by atoms with Gasteiger partial charge in [-0.15, -0.1) is 5.10 Å². The van der Waals surface area contributed by atoms with Crippen LogP contribution in [0.5, 0.6) is 0 Å². The highest BCUT2D eigenvalue weighted by Gasteiger charge is 1.99. The lowest BCUT2D eigenvalue weighted by atomic mass is 10.1. The summed E-state index contributed by atoms with van der Waals surface area (Å²) in [7, 11) is 0. The SMILES string of the molecule is Cc1cc(CNCc2csnn2)ccc1Cl. The predicted molar refractivity (Wildman–Crippen MR) is 66.6 cm³/mol. The Kier molecular flexibility index (Phi) is 3.88. The maximum absolute atomic E-state index is 5.96. The highest BCUT2D eigenvalue weighted by molar-refractivity contribution is 7.03. The lowest BCUT2D eigenvalue weighted by molar-refractivity contribution is 0.677. The number of aryl methyl sites for hydroxylation is 1. The number of nitrogens with one attached hydrogen (secondary N) is 1. The van der Waals surface area contributed by atoms with E-state index in [1.807, 2.05) is 24.4 Å². The molecule has 2 aromatic rings. The zero-order chi connectivity index (χ0) is 11.4. The van der Waals surface area contributed by atoms with E-state index in [1.54, 1.807) is 0 Å². The summed E-state index contributed by atoms with van der Waals surface area (Å²) in [6, 6.07) is 6.05. The largest absolute Gasteiger partial charge is 0.307 e. The summed E-state index contributed by atoms with van der Waals surface area (Å²) in [5.74, 6) is 0. The van der Waals surface area contributed by atoms with E-state index in [4.69, 9.17) is 11.6 Å². The molecule has 5 heteroatoms. The van der Waals surface area contributed by atoms with Crippen LogP contribution in [0.1, 0.15) is 16.8 Å². The Balaban J connectivity index is 1.87. The molecule has 0 radical (unpaired) electrons. The molecule has 1 aromatic heterocycles. The monoisotopic (exact) mass is 253 g/mol. The number of aromatic nitrogens is 2. The van der Waals surface area contributed by atoms with Crippen LogP contribution in [0.4, 0.5) is 0 Å². The fourth-order valence-electron chi connectivity index (χ4n) is 1.41.